The summed E-state index contributed by atoms with van der Waals surface area (Å²) >= 11 is 0. The highest BCUT2D eigenvalue weighted by Gasteiger charge is 2.13. The van der Waals surface area contributed by atoms with Crippen LogP contribution in [0.1, 0.15) is 5.82 Å². The number of anilines is 1. The van der Waals surface area contributed by atoms with Gasteiger partial charge in [0.05, 0.1) is 11.4 Å². The molecule has 7 heteroatoms. The number of sulfonamides is 1. The molecule has 0 unspecified atom stereocenters. The predicted molar refractivity (Wildman–Crippen MR) is 76.8 cm³/mol. The van der Waals surface area contributed by atoms with Crippen molar-refractivity contribution in [2.45, 2.75) is 11.4 Å². The maximum Gasteiger partial charge on any atom is 0.240 e. The molecule has 0 spiro atoms. The molecule has 0 amide bonds. The molecule has 6 nitrogen and oxygen atoms in total. The zero-order valence-corrected chi connectivity index (χ0v) is 12.1. The molecular formula is C13H16N4O2S. The van der Waals surface area contributed by atoms with Gasteiger partial charge in [-0.3, -0.25) is 0 Å². The molecule has 1 aromatic heterocycles. The van der Waals surface area contributed by atoms with Gasteiger partial charge in [0.1, 0.15) is 11.6 Å². The third kappa shape index (κ3) is 3.52. The maximum atomic E-state index is 12.0. The lowest BCUT2D eigenvalue weighted by atomic mass is 10.4. The van der Waals surface area contributed by atoms with E-state index in [1.165, 1.54) is 0 Å². The predicted octanol–water partition coefficient (Wildman–Crippen LogP) is 1.02. The molecular weight excluding hydrogens is 276 g/mol. The van der Waals surface area contributed by atoms with Gasteiger partial charge >= 0.3 is 0 Å². The molecule has 0 saturated carbocycles. The molecule has 0 saturated heterocycles. The molecule has 2 rings (SSSR count). The van der Waals surface area contributed by atoms with Crippen molar-refractivity contribution in [3.63, 3.8) is 0 Å². The summed E-state index contributed by atoms with van der Waals surface area (Å²) in [5.41, 5.74) is 0. The minimum atomic E-state index is -3.54. The van der Waals surface area contributed by atoms with E-state index in [1.54, 1.807) is 42.6 Å². The Morgan fingerprint density at radius 1 is 1.15 bits per heavy atom. The third-order valence-corrected chi connectivity index (χ3v) is 4.04. The van der Waals surface area contributed by atoms with Crippen LogP contribution < -0.4 is 9.62 Å². The first kappa shape index (κ1) is 14.4. The minimum absolute atomic E-state index is 0.0545. The zero-order valence-electron chi connectivity index (χ0n) is 11.3. The summed E-state index contributed by atoms with van der Waals surface area (Å²) in [5, 5.41) is 0. The normalized spacial score (nSPS) is 11.3. The highest BCUT2D eigenvalue weighted by Crippen LogP contribution is 2.09. The highest BCUT2D eigenvalue weighted by molar-refractivity contribution is 7.89. The Labute approximate surface area is 118 Å². The summed E-state index contributed by atoms with van der Waals surface area (Å²) < 4.78 is 26.6. The Hall–Kier alpha value is -1.99. The topological polar surface area (TPSA) is 75.2 Å². The summed E-state index contributed by atoms with van der Waals surface area (Å²) in [5.74, 6) is 1.16. The molecule has 106 valence electrons. The van der Waals surface area contributed by atoms with Gasteiger partial charge in [-0.25, -0.2) is 23.1 Å². The van der Waals surface area contributed by atoms with Crippen LogP contribution in [0, 0.1) is 0 Å². The summed E-state index contributed by atoms with van der Waals surface area (Å²) in [4.78, 5) is 10.4. The van der Waals surface area contributed by atoms with Gasteiger partial charge in [0.25, 0.3) is 0 Å². The molecule has 0 aliphatic heterocycles. The van der Waals surface area contributed by atoms with E-state index in [9.17, 15) is 8.42 Å². The van der Waals surface area contributed by atoms with E-state index >= 15 is 0 Å². The fourth-order valence-corrected chi connectivity index (χ4v) is 2.57. The van der Waals surface area contributed by atoms with Crippen molar-refractivity contribution in [2.24, 2.45) is 0 Å². The van der Waals surface area contributed by atoms with Crippen molar-refractivity contribution < 1.29 is 8.42 Å². The first-order valence-corrected chi connectivity index (χ1v) is 7.51. The van der Waals surface area contributed by atoms with E-state index < -0.39 is 10.0 Å². The van der Waals surface area contributed by atoms with Crippen LogP contribution >= 0.6 is 0 Å². The van der Waals surface area contributed by atoms with Crippen LogP contribution in [0.4, 0.5) is 5.82 Å². The SMILES string of the molecule is CN(C)c1ccnc(CNS(=O)(=O)c2ccccc2)n1. The standard InChI is InChI=1S/C13H16N4O2S/c1-17(2)13-8-9-14-12(16-13)10-15-20(18,19)11-6-4-3-5-7-11/h3-9,15H,10H2,1-2H3. The van der Waals surface area contributed by atoms with Crippen LogP contribution in [-0.4, -0.2) is 32.5 Å². The smallest absolute Gasteiger partial charge is 0.240 e. The van der Waals surface area contributed by atoms with Gasteiger partial charge in [-0.05, 0) is 18.2 Å². The Bertz CT molecular complexity index is 672. The van der Waals surface area contributed by atoms with E-state index in [-0.39, 0.29) is 11.4 Å². The average Bonchev–Trinajstić information content (AvgIpc) is 2.46. The van der Waals surface area contributed by atoms with Crippen LogP contribution in [0.15, 0.2) is 47.5 Å². The summed E-state index contributed by atoms with van der Waals surface area (Å²) in [7, 11) is 0.188. The average molecular weight is 292 g/mol. The number of hydrogen-bond donors (Lipinski definition) is 1. The number of benzene rings is 1. The van der Waals surface area contributed by atoms with E-state index in [0.29, 0.717) is 5.82 Å². The van der Waals surface area contributed by atoms with Crippen LogP contribution in [-0.2, 0) is 16.6 Å². The molecule has 0 bridgehead atoms. The summed E-state index contributed by atoms with van der Waals surface area (Å²) in [6, 6.07) is 9.96. The van der Waals surface area contributed by atoms with Gasteiger partial charge in [-0.15, -0.1) is 0 Å². The van der Waals surface area contributed by atoms with Crippen LogP contribution in [0.3, 0.4) is 0 Å². The number of nitrogens with zero attached hydrogens (tertiary/aromatic N) is 3. The number of hydrogen-bond acceptors (Lipinski definition) is 5. The maximum absolute atomic E-state index is 12.0. The van der Waals surface area contributed by atoms with Crippen LogP contribution in [0.5, 0.6) is 0 Å². The van der Waals surface area contributed by atoms with Gasteiger partial charge < -0.3 is 4.90 Å². The first-order valence-electron chi connectivity index (χ1n) is 6.03. The molecule has 2 aromatic rings. The van der Waals surface area contributed by atoms with Crippen molar-refractivity contribution in [3.8, 4) is 0 Å². The van der Waals surface area contributed by atoms with Crippen LogP contribution in [0.25, 0.3) is 0 Å². The lowest BCUT2D eigenvalue weighted by Gasteiger charge is -2.12. The highest BCUT2D eigenvalue weighted by atomic mass is 32.2. The quantitative estimate of drug-likeness (QED) is 0.890. The third-order valence-electron chi connectivity index (χ3n) is 2.62. The van der Waals surface area contributed by atoms with Crippen molar-refractivity contribution >= 4 is 15.8 Å². The lowest BCUT2D eigenvalue weighted by molar-refractivity contribution is 0.579. The van der Waals surface area contributed by atoms with E-state index in [4.69, 9.17) is 0 Å². The van der Waals surface area contributed by atoms with Gasteiger partial charge in [-0.2, -0.15) is 0 Å². The van der Waals surface area contributed by atoms with Crippen molar-refractivity contribution in [2.75, 3.05) is 19.0 Å². The van der Waals surface area contributed by atoms with Gasteiger partial charge in [0.2, 0.25) is 10.0 Å². The Morgan fingerprint density at radius 3 is 2.50 bits per heavy atom. The molecule has 0 radical (unpaired) electrons. The van der Waals surface area contributed by atoms with Gasteiger partial charge in [-0.1, -0.05) is 18.2 Å². The molecule has 1 N–H and O–H groups in total. The van der Waals surface area contributed by atoms with Crippen LogP contribution in [0.2, 0.25) is 0 Å². The molecule has 0 aliphatic carbocycles. The fourth-order valence-electron chi connectivity index (χ4n) is 1.57. The van der Waals surface area contributed by atoms with E-state index in [0.717, 1.165) is 5.82 Å². The largest absolute Gasteiger partial charge is 0.363 e. The number of nitrogens with one attached hydrogen (secondary N) is 1. The molecule has 0 atom stereocenters. The summed E-state index contributed by atoms with van der Waals surface area (Å²) in [6.45, 7) is 0.0545. The zero-order chi connectivity index (χ0) is 14.6. The Balaban J connectivity index is 2.11. The Kier molecular flexibility index (Phi) is 4.31. The molecule has 0 aliphatic rings. The van der Waals surface area contributed by atoms with E-state index in [1.807, 2.05) is 19.0 Å². The second kappa shape index (κ2) is 5.98. The van der Waals surface area contributed by atoms with Crippen molar-refractivity contribution in [1.29, 1.82) is 0 Å². The second-order valence-corrected chi connectivity index (χ2v) is 6.13. The lowest BCUT2D eigenvalue weighted by Crippen LogP contribution is -2.24. The minimum Gasteiger partial charge on any atom is -0.363 e. The summed E-state index contributed by atoms with van der Waals surface area (Å²) in [6.07, 6.45) is 1.61. The number of aromatic nitrogens is 2. The Morgan fingerprint density at radius 2 is 1.85 bits per heavy atom. The second-order valence-electron chi connectivity index (χ2n) is 4.36. The van der Waals surface area contributed by atoms with Crippen molar-refractivity contribution in [1.82, 2.24) is 14.7 Å². The van der Waals surface area contributed by atoms with E-state index in [2.05, 4.69) is 14.7 Å². The molecule has 1 heterocycles. The van der Waals surface area contributed by atoms with Crippen molar-refractivity contribution in [3.05, 3.63) is 48.4 Å². The van der Waals surface area contributed by atoms with Gasteiger partial charge in [0, 0.05) is 20.3 Å². The van der Waals surface area contributed by atoms with Gasteiger partial charge in [0.15, 0.2) is 0 Å². The molecule has 1 aromatic carbocycles. The fraction of sp³-hybridized carbons (Fsp3) is 0.231. The number of rotatable bonds is 5. The monoisotopic (exact) mass is 292 g/mol. The first-order chi connectivity index (χ1) is 9.49. The molecule has 0 fully saturated rings. The molecule has 20 heavy (non-hydrogen) atoms.